The Morgan fingerprint density at radius 3 is 2.36 bits per heavy atom. The van der Waals surface area contributed by atoms with Crippen LogP contribution in [0.2, 0.25) is 0 Å². The van der Waals surface area contributed by atoms with Gasteiger partial charge in [0, 0.05) is 5.39 Å². The molecule has 0 fully saturated rings. The Bertz CT molecular complexity index is 1110. The molecule has 1 heterocycles. The van der Waals surface area contributed by atoms with Crippen LogP contribution in [0, 0.1) is 0 Å². The van der Waals surface area contributed by atoms with Crippen LogP contribution in [0.25, 0.3) is 11.0 Å². The zero-order chi connectivity index (χ0) is 20.3. The van der Waals surface area contributed by atoms with Crippen molar-refractivity contribution in [2.75, 3.05) is 11.9 Å². The molecule has 1 aromatic heterocycles. The SMILES string of the molecule is O=C(NCC(F)(F)F)c1ccccc1NC(=O)c1cc2ccccc2oc1=O. The number of amides is 2. The number of carbonyl (C=O) groups is 2. The van der Waals surface area contributed by atoms with Gasteiger partial charge in [-0.15, -0.1) is 0 Å². The normalized spacial score (nSPS) is 11.2. The highest BCUT2D eigenvalue weighted by molar-refractivity contribution is 6.09. The third kappa shape index (κ3) is 4.37. The van der Waals surface area contributed by atoms with Crippen LogP contribution in [0.1, 0.15) is 20.7 Å². The summed E-state index contributed by atoms with van der Waals surface area (Å²) in [5, 5.41) is 4.62. The predicted octanol–water partition coefficient (Wildman–Crippen LogP) is 3.34. The molecule has 0 unspecified atom stereocenters. The van der Waals surface area contributed by atoms with E-state index in [0.29, 0.717) is 11.0 Å². The van der Waals surface area contributed by atoms with E-state index in [1.807, 2.05) is 0 Å². The van der Waals surface area contributed by atoms with E-state index in [1.165, 1.54) is 30.3 Å². The largest absolute Gasteiger partial charge is 0.422 e. The van der Waals surface area contributed by atoms with Crippen molar-refractivity contribution in [1.29, 1.82) is 0 Å². The van der Waals surface area contributed by atoms with Gasteiger partial charge in [0.05, 0.1) is 11.3 Å². The van der Waals surface area contributed by atoms with E-state index in [1.54, 1.807) is 29.6 Å². The smallest absolute Gasteiger partial charge is 0.405 e. The number of rotatable bonds is 4. The van der Waals surface area contributed by atoms with Gasteiger partial charge in [-0.3, -0.25) is 9.59 Å². The quantitative estimate of drug-likeness (QED) is 0.669. The lowest BCUT2D eigenvalue weighted by Crippen LogP contribution is -2.34. The average Bonchev–Trinajstić information content (AvgIpc) is 2.65. The molecule has 2 N–H and O–H groups in total. The van der Waals surface area contributed by atoms with Crippen molar-refractivity contribution < 1.29 is 27.2 Å². The van der Waals surface area contributed by atoms with Gasteiger partial charge in [0.25, 0.3) is 11.8 Å². The van der Waals surface area contributed by atoms with Gasteiger partial charge >= 0.3 is 11.8 Å². The van der Waals surface area contributed by atoms with E-state index in [-0.39, 0.29) is 16.8 Å². The molecule has 144 valence electrons. The van der Waals surface area contributed by atoms with E-state index in [4.69, 9.17) is 4.42 Å². The molecule has 3 aromatic rings. The van der Waals surface area contributed by atoms with Crippen molar-refractivity contribution in [2.45, 2.75) is 6.18 Å². The summed E-state index contributed by atoms with van der Waals surface area (Å²) in [7, 11) is 0. The molecule has 6 nitrogen and oxygen atoms in total. The van der Waals surface area contributed by atoms with Crippen molar-refractivity contribution in [3.8, 4) is 0 Å². The second kappa shape index (κ2) is 7.55. The number of hydrogen-bond acceptors (Lipinski definition) is 4. The molecule has 9 heteroatoms. The summed E-state index contributed by atoms with van der Waals surface area (Å²) in [6.07, 6.45) is -4.57. The van der Waals surface area contributed by atoms with Crippen LogP contribution in [0.15, 0.2) is 63.8 Å². The molecule has 28 heavy (non-hydrogen) atoms. The number of anilines is 1. The highest BCUT2D eigenvalue weighted by atomic mass is 19.4. The van der Waals surface area contributed by atoms with Gasteiger partial charge in [-0.25, -0.2) is 4.79 Å². The van der Waals surface area contributed by atoms with E-state index < -0.39 is 30.2 Å². The Labute approximate surface area is 156 Å². The first-order valence-electron chi connectivity index (χ1n) is 8.03. The molecule has 0 radical (unpaired) electrons. The molecule has 0 spiro atoms. The summed E-state index contributed by atoms with van der Waals surface area (Å²) in [4.78, 5) is 36.6. The molecule has 0 saturated heterocycles. The Kier molecular flexibility index (Phi) is 5.16. The van der Waals surface area contributed by atoms with Crippen molar-refractivity contribution in [2.24, 2.45) is 0 Å². The van der Waals surface area contributed by atoms with E-state index in [9.17, 15) is 27.6 Å². The zero-order valence-corrected chi connectivity index (χ0v) is 14.2. The molecule has 0 bridgehead atoms. The van der Waals surface area contributed by atoms with Crippen LogP contribution in [0.5, 0.6) is 0 Å². The van der Waals surface area contributed by atoms with Gasteiger partial charge in [-0.2, -0.15) is 13.2 Å². The first-order valence-corrected chi connectivity index (χ1v) is 8.03. The summed E-state index contributed by atoms with van der Waals surface area (Å²) in [6, 6.07) is 13.4. The van der Waals surface area contributed by atoms with E-state index in [0.717, 1.165) is 0 Å². The van der Waals surface area contributed by atoms with Crippen molar-refractivity contribution >= 4 is 28.5 Å². The molecule has 0 saturated carbocycles. The summed E-state index contributed by atoms with van der Waals surface area (Å²) in [6.45, 7) is -1.51. The molecule has 3 rings (SSSR count). The summed E-state index contributed by atoms with van der Waals surface area (Å²) in [5.41, 5.74) is -1.10. The fourth-order valence-corrected chi connectivity index (χ4v) is 2.48. The number of para-hydroxylation sites is 2. The summed E-state index contributed by atoms with van der Waals surface area (Å²) < 4.78 is 42.0. The van der Waals surface area contributed by atoms with Gasteiger partial charge in [-0.1, -0.05) is 30.3 Å². The summed E-state index contributed by atoms with van der Waals surface area (Å²) in [5.74, 6) is -1.87. The number of hydrogen-bond donors (Lipinski definition) is 2. The number of halogens is 3. The molecular weight excluding hydrogens is 377 g/mol. The van der Waals surface area contributed by atoms with Gasteiger partial charge in [-0.05, 0) is 24.3 Å². The number of alkyl halides is 3. The minimum atomic E-state index is -4.57. The maximum atomic E-state index is 12.5. The third-order valence-corrected chi connectivity index (χ3v) is 3.76. The van der Waals surface area contributed by atoms with Crippen LogP contribution in [-0.4, -0.2) is 24.5 Å². The molecule has 0 aliphatic heterocycles. The Morgan fingerprint density at radius 1 is 0.929 bits per heavy atom. The monoisotopic (exact) mass is 390 g/mol. The van der Waals surface area contributed by atoms with Gasteiger partial charge in [0.2, 0.25) is 0 Å². The lowest BCUT2D eigenvalue weighted by atomic mass is 10.1. The number of benzene rings is 2. The van der Waals surface area contributed by atoms with Crippen molar-refractivity contribution in [3.05, 3.63) is 76.1 Å². The maximum Gasteiger partial charge on any atom is 0.405 e. The minimum absolute atomic E-state index is 0.0419. The standard InChI is InChI=1S/C19H13F3N2O4/c20-19(21,22)10-23-16(25)12-6-2-3-7-14(12)24-17(26)13-9-11-5-1-4-8-15(11)28-18(13)27/h1-9H,10H2,(H,23,25)(H,24,26). The average molecular weight is 390 g/mol. The summed E-state index contributed by atoms with van der Waals surface area (Å²) >= 11 is 0. The van der Waals surface area contributed by atoms with Crippen molar-refractivity contribution in [1.82, 2.24) is 5.32 Å². The lowest BCUT2D eigenvalue weighted by Gasteiger charge is -2.12. The van der Waals surface area contributed by atoms with Crippen LogP contribution >= 0.6 is 0 Å². The van der Waals surface area contributed by atoms with Crippen LogP contribution in [-0.2, 0) is 0 Å². The van der Waals surface area contributed by atoms with Crippen LogP contribution in [0.3, 0.4) is 0 Å². The van der Waals surface area contributed by atoms with Crippen LogP contribution in [0.4, 0.5) is 18.9 Å². The Hall–Kier alpha value is -3.62. The van der Waals surface area contributed by atoms with Gasteiger partial charge < -0.3 is 15.1 Å². The third-order valence-electron chi connectivity index (χ3n) is 3.76. The van der Waals surface area contributed by atoms with Gasteiger partial charge in [0.1, 0.15) is 17.7 Å². The van der Waals surface area contributed by atoms with Crippen molar-refractivity contribution in [3.63, 3.8) is 0 Å². The lowest BCUT2D eigenvalue weighted by molar-refractivity contribution is -0.123. The molecule has 0 aliphatic carbocycles. The highest BCUT2D eigenvalue weighted by Crippen LogP contribution is 2.19. The Morgan fingerprint density at radius 2 is 1.61 bits per heavy atom. The highest BCUT2D eigenvalue weighted by Gasteiger charge is 2.28. The molecule has 0 atom stereocenters. The van der Waals surface area contributed by atoms with E-state index >= 15 is 0 Å². The molecule has 2 amide bonds. The van der Waals surface area contributed by atoms with E-state index in [2.05, 4.69) is 5.32 Å². The number of nitrogens with one attached hydrogen (secondary N) is 2. The van der Waals surface area contributed by atoms with Gasteiger partial charge in [0.15, 0.2) is 0 Å². The predicted molar refractivity (Wildman–Crippen MR) is 95.3 cm³/mol. The minimum Gasteiger partial charge on any atom is -0.422 e. The first kappa shape index (κ1) is 19.2. The first-order chi connectivity index (χ1) is 13.2. The maximum absolute atomic E-state index is 12.5. The second-order valence-corrected chi connectivity index (χ2v) is 5.78. The van der Waals surface area contributed by atoms with Crippen LogP contribution < -0.4 is 16.3 Å². The topological polar surface area (TPSA) is 88.4 Å². The number of carbonyl (C=O) groups excluding carboxylic acids is 2. The fraction of sp³-hybridized carbons (Fsp3) is 0.105. The molecule has 0 aliphatic rings. The molecule has 2 aromatic carbocycles. The Balaban J connectivity index is 1.86. The fourth-order valence-electron chi connectivity index (χ4n) is 2.48. The second-order valence-electron chi connectivity index (χ2n) is 5.78. The zero-order valence-electron chi connectivity index (χ0n) is 14.2. The number of fused-ring (bicyclic) bond motifs is 1. The molecular formula is C19H13F3N2O4.